The molecule has 0 saturated carbocycles. The molecule has 0 spiro atoms. The summed E-state index contributed by atoms with van der Waals surface area (Å²) in [5.41, 5.74) is 7.60. The molecule has 0 radical (unpaired) electrons. The van der Waals surface area contributed by atoms with Crippen LogP contribution in [0.15, 0.2) is 53.4 Å². The molecule has 4 aromatic rings. The van der Waals surface area contributed by atoms with Gasteiger partial charge in [0, 0.05) is 47.2 Å². The Morgan fingerprint density at radius 2 is 1.97 bits per heavy atom. The summed E-state index contributed by atoms with van der Waals surface area (Å²) >= 11 is 0. The summed E-state index contributed by atoms with van der Waals surface area (Å²) in [7, 11) is 1.57. The summed E-state index contributed by atoms with van der Waals surface area (Å²) in [4.78, 5) is 19.2. The number of nitrogens with two attached hydrogens (primary N) is 1. The number of furan rings is 1. The minimum Gasteiger partial charge on any atom is -0.507 e. The van der Waals surface area contributed by atoms with E-state index in [4.69, 9.17) is 24.4 Å². The molecule has 1 unspecified atom stereocenters. The third kappa shape index (κ3) is 3.73. The highest BCUT2D eigenvalue weighted by Crippen LogP contribution is 2.47. The highest BCUT2D eigenvalue weighted by molar-refractivity contribution is 6.16. The van der Waals surface area contributed by atoms with Crippen molar-refractivity contribution in [1.29, 1.82) is 0 Å². The first kappa shape index (κ1) is 22.1. The zero-order valence-corrected chi connectivity index (χ0v) is 18.7. The van der Waals surface area contributed by atoms with Crippen molar-refractivity contribution < 1.29 is 28.5 Å². The fraction of sp³-hybridized carbons (Fsp3) is 0.280. The first-order valence-electron chi connectivity index (χ1n) is 11.0. The maximum atomic E-state index is 12.9. The molecule has 1 aliphatic rings. The number of hydrogen-bond donors (Lipinski definition) is 2. The van der Waals surface area contributed by atoms with Crippen molar-refractivity contribution in [3.8, 4) is 11.5 Å². The van der Waals surface area contributed by atoms with Gasteiger partial charge in [0.05, 0.1) is 26.4 Å². The summed E-state index contributed by atoms with van der Waals surface area (Å²) in [5, 5.41) is 13.4. The molecule has 1 fully saturated rings. The Bertz CT molecular complexity index is 1330. The van der Waals surface area contributed by atoms with Crippen LogP contribution < -0.4 is 10.5 Å². The minimum atomic E-state index is -0.625. The molecule has 2 aromatic carbocycles. The highest BCUT2D eigenvalue weighted by atomic mass is 16.5. The van der Waals surface area contributed by atoms with E-state index < -0.39 is 5.97 Å². The van der Waals surface area contributed by atoms with Crippen LogP contribution >= 0.6 is 0 Å². The molecular weight excluding hydrogens is 438 g/mol. The lowest BCUT2D eigenvalue weighted by Gasteiger charge is -2.36. The fourth-order valence-electron chi connectivity index (χ4n) is 4.64. The molecule has 9 heteroatoms. The van der Waals surface area contributed by atoms with Crippen LogP contribution in [0.1, 0.15) is 27.5 Å². The normalized spacial score (nSPS) is 15.5. The van der Waals surface area contributed by atoms with Gasteiger partial charge in [-0.25, -0.2) is 4.79 Å². The Hall–Kier alpha value is -3.66. The van der Waals surface area contributed by atoms with E-state index in [1.165, 1.54) is 6.26 Å². The number of aromatic nitrogens is 1. The predicted molar refractivity (Wildman–Crippen MR) is 125 cm³/mol. The molecule has 3 N–H and O–H groups in total. The number of carbonyl (C=O) groups is 1. The van der Waals surface area contributed by atoms with Gasteiger partial charge in [0.1, 0.15) is 35.6 Å². The number of hydrogen-bond acceptors (Lipinski definition) is 9. The maximum absolute atomic E-state index is 12.9. The summed E-state index contributed by atoms with van der Waals surface area (Å²) in [6.45, 7) is 2.14. The largest absolute Gasteiger partial charge is 0.507 e. The van der Waals surface area contributed by atoms with Crippen LogP contribution in [-0.2, 0) is 9.47 Å². The second kappa shape index (κ2) is 9.30. The number of esters is 1. The number of benzene rings is 2. The van der Waals surface area contributed by atoms with Crippen LogP contribution in [0.25, 0.3) is 21.7 Å². The van der Waals surface area contributed by atoms with Crippen molar-refractivity contribution in [3.63, 3.8) is 0 Å². The molecule has 2 aromatic heterocycles. The van der Waals surface area contributed by atoms with Gasteiger partial charge in [0.15, 0.2) is 0 Å². The molecule has 0 aliphatic carbocycles. The number of ether oxygens (including phenoxy) is 3. The van der Waals surface area contributed by atoms with Gasteiger partial charge in [-0.05, 0) is 35.9 Å². The van der Waals surface area contributed by atoms with Crippen molar-refractivity contribution in [2.75, 3.05) is 40.1 Å². The van der Waals surface area contributed by atoms with Gasteiger partial charge in [0.2, 0.25) is 0 Å². The molecule has 0 amide bonds. The molecular formula is C25H25N3O6. The summed E-state index contributed by atoms with van der Waals surface area (Å²) < 4.78 is 22.0. The molecule has 1 aliphatic heterocycles. The number of morpholine rings is 1. The van der Waals surface area contributed by atoms with Gasteiger partial charge in [-0.15, -0.1) is 0 Å². The Morgan fingerprint density at radius 3 is 2.68 bits per heavy atom. The zero-order chi connectivity index (χ0) is 23.7. The van der Waals surface area contributed by atoms with Crippen LogP contribution in [0.2, 0.25) is 0 Å². The first-order chi connectivity index (χ1) is 16.6. The number of rotatable bonds is 6. The predicted octanol–water partition coefficient (Wildman–Crippen LogP) is 3.19. The van der Waals surface area contributed by atoms with Gasteiger partial charge in [-0.1, -0.05) is 0 Å². The zero-order valence-electron chi connectivity index (χ0n) is 18.7. The highest BCUT2D eigenvalue weighted by Gasteiger charge is 2.33. The monoisotopic (exact) mass is 463 g/mol. The SMILES string of the molecule is COc1ccc2c(O)c(C(c3ccncc3)N3CCOCC3)c3c(C(=O)OCN)coc3c2c1. The second-order valence-corrected chi connectivity index (χ2v) is 7.96. The molecule has 0 bridgehead atoms. The smallest absolute Gasteiger partial charge is 0.343 e. The minimum absolute atomic E-state index is 0.0571. The maximum Gasteiger partial charge on any atom is 0.343 e. The Kier molecular flexibility index (Phi) is 6.06. The Balaban J connectivity index is 1.87. The lowest BCUT2D eigenvalue weighted by atomic mass is 9.89. The van der Waals surface area contributed by atoms with Gasteiger partial charge in [-0.3, -0.25) is 15.6 Å². The number of carbonyl (C=O) groups excluding carboxylic acids is 1. The number of pyridine rings is 1. The van der Waals surface area contributed by atoms with Crippen LogP contribution in [0.3, 0.4) is 0 Å². The number of phenols is 1. The molecule has 1 atom stereocenters. The van der Waals surface area contributed by atoms with E-state index in [0.717, 1.165) is 5.56 Å². The van der Waals surface area contributed by atoms with E-state index in [9.17, 15) is 9.90 Å². The Morgan fingerprint density at radius 1 is 1.21 bits per heavy atom. The van der Waals surface area contributed by atoms with Crippen molar-refractivity contribution >= 4 is 27.7 Å². The number of methoxy groups -OCH3 is 1. The van der Waals surface area contributed by atoms with E-state index >= 15 is 0 Å². The van der Waals surface area contributed by atoms with Crippen molar-refractivity contribution in [2.24, 2.45) is 5.73 Å². The molecule has 3 heterocycles. The summed E-state index contributed by atoms with van der Waals surface area (Å²) in [6.07, 6.45) is 4.78. The quantitative estimate of drug-likeness (QED) is 0.328. The van der Waals surface area contributed by atoms with E-state index in [2.05, 4.69) is 9.88 Å². The van der Waals surface area contributed by atoms with E-state index in [-0.39, 0.29) is 24.1 Å². The van der Waals surface area contributed by atoms with Gasteiger partial charge in [-0.2, -0.15) is 0 Å². The van der Waals surface area contributed by atoms with E-state index in [1.807, 2.05) is 12.1 Å². The average Bonchev–Trinajstić information content (AvgIpc) is 3.32. The lowest BCUT2D eigenvalue weighted by molar-refractivity contribution is 0.0238. The molecule has 5 rings (SSSR count). The fourth-order valence-corrected chi connectivity index (χ4v) is 4.64. The third-order valence-corrected chi connectivity index (χ3v) is 6.18. The lowest BCUT2D eigenvalue weighted by Crippen LogP contribution is -2.39. The molecule has 176 valence electrons. The topological polar surface area (TPSA) is 120 Å². The molecule has 1 saturated heterocycles. The van der Waals surface area contributed by atoms with E-state index in [0.29, 0.717) is 59.4 Å². The summed E-state index contributed by atoms with van der Waals surface area (Å²) in [6, 6.07) is 8.76. The van der Waals surface area contributed by atoms with Crippen molar-refractivity contribution in [2.45, 2.75) is 6.04 Å². The summed E-state index contributed by atoms with van der Waals surface area (Å²) in [5.74, 6) is 0.0311. The average molecular weight is 463 g/mol. The first-order valence-corrected chi connectivity index (χ1v) is 11.0. The van der Waals surface area contributed by atoms with Crippen LogP contribution in [0, 0.1) is 0 Å². The van der Waals surface area contributed by atoms with E-state index in [1.54, 1.807) is 37.7 Å². The number of nitrogens with zero attached hydrogens (tertiary/aromatic N) is 2. The number of fused-ring (bicyclic) bond motifs is 3. The Labute approximate surface area is 195 Å². The van der Waals surface area contributed by atoms with Crippen molar-refractivity contribution in [3.05, 3.63) is 65.7 Å². The van der Waals surface area contributed by atoms with Gasteiger partial charge >= 0.3 is 5.97 Å². The second-order valence-electron chi connectivity index (χ2n) is 7.96. The van der Waals surface area contributed by atoms with Crippen molar-refractivity contribution in [1.82, 2.24) is 9.88 Å². The van der Waals surface area contributed by atoms with Crippen LogP contribution in [0.4, 0.5) is 0 Å². The van der Waals surface area contributed by atoms with Crippen LogP contribution in [0.5, 0.6) is 11.5 Å². The van der Waals surface area contributed by atoms with Gasteiger partial charge < -0.3 is 23.7 Å². The van der Waals surface area contributed by atoms with Gasteiger partial charge in [0.25, 0.3) is 0 Å². The number of aromatic hydroxyl groups is 1. The molecule has 9 nitrogen and oxygen atoms in total. The molecule has 34 heavy (non-hydrogen) atoms. The standard InChI is InChI=1S/C25H25N3O6/c1-31-16-2-3-17-18(12-16)24-20(19(13-33-24)25(30)34-14-26)21(23(17)29)22(15-4-6-27-7-5-15)28-8-10-32-11-9-28/h2-7,12-13,22,29H,8-11,14,26H2,1H3. The van der Waals surface area contributed by atoms with Crippen LogP contribution in [-0.4, -0.2) is 61.1 Å². The third-order valence-electron chi connectivity index (χ3n) is 6.18. The number of phenolic OH excluding ortho intramolecular Hbond substituents is 1.